The number of aromatic amines is 1. The number of anilines is 1. The number of carbonyl (C=O) groups is 1. The summed E-state index contributed by atoms with van der Waals surface area (Å²) in [5.74, 6) is 1.27. The molecule has 0 saturated heterocycles. The van der Waals surface area contributed by atoms with E-state index in [9.17, 15) is 4.79 Å². The topological polar surface area (TPSA) is 66.6 Å². The maximum absolute atomic E-state index is 12.6. The van der Waals surface area contributed by atoms with E-state index in [2.05, 4.69) is 35.4 Å². The Morgan fingerprint density at radius 1 is 1.10 bits per heavy atom. The second-order valence-corrected chi connectivity index (χ2v) is 7.12. The second-order valence-electron chi connectivity index (χ2n) is 7.12. The lowest BCUT2D eigenvalue weighted by Crippen LogP contribution is -2.20. The standard InChI is InChI=1S/C23H29N3O3/c1-5-26(2)11-10-16-15-24-21-8-6-18(14-20(16)21)25-23(27)13-17-12-19(28-3)7-9-22(17)29-4/h6-9,12,14-15,24H,5,10-11,13H2,1-4H3,(H,25,27). The first-order valence-corrected chi connectivity index (χ1v) is 9.83. The first kappa shape index (κ1) is 20.7. The number of carbonyl (C=O) groups excluding carboxylic acids is 1. The number of ether oxygens (including phenoxy) is 2. The fourth-order valence-electron chi connectivity index (χ4n) is 3.33. The van der Waals surface area contributed by atoms with E-state index in [4.69, 9.17) is 9.47 Å². The molecule has 6 heteroatoms. The summed E-state index contributed by atoms with van der Waals surface area (Å²) in [6.07, 6.45) is 3.23. The van der Waals surface area contributed by atoms with E-state index >= 15 is 0 Å². The third-order valence-electron chi connectivity index (χ3n) is 5.19. The molecule has 1 heterocycles. The fourth-order valence-corrected chi connectivity index (χ4v) is 3.33. The number of nitrogens with one attached hydrogen (secondary N) is 2. The summed E-state index contributed by atoms with van der Waals surface area (Å²) in [6.45, 7) is 4.17. The van der Waals surface area contributed by atoms with Crippen LogP contribution in [0.5, 0.6) is 11.5 Å². The van der Waals surface area contributed by atoms with Gasteiger partial charge in [-0.15, -0.1) is 0 Å². The molecule has 6 nitrogen and oxygen atoms in total. The number of hydrogen-bond acceptors (Lipinski definition) is 4. The van der Waals surface area contributed by atoms with Crippen LogP contribution in [0.3, 0.4) is 0 Å². The molecule has 2 N–H and O–H groups in total. The van der Waals surface area contributed by atoms with Crippen molar-refractivity contribution in [3.8, 4) is 11.5 Å². The quantitative estimate of drug-likeness (QED) is 0.577. The SMILES string of the molecule is CCN(C)CCc1c[nH]c2ccc(NC(=O)Cc3cc(OC)ccc3OC)cc12. The van der Waals surface area contributed by atoms with Crippen molar-refractivity contribution < 1.29 is 14.3 Å². The van der Waals surface area contributed by atoms with Crippen molar-refractivity contribution in [2.45, 2.75) is 19.8 Å². The number of fused-ring (bicyclic) bond motifs is 1. The maximum Gasteiger partial charge on any atom is 0.228 e. The number of benzene rings is 2. The third-order valence-corrected chi connectivity index (χ3v) is 5.19. The van der Waals surface area contributed by atoms with Crippen LogP contribution in [0.25, 0.3) is 10.9 Å². The molecule has 0 spiro atoms. The maximum atomic E-state index is 12.6. The molecule has 1 amide bonds. The van der Waals surface area contributed by atoms with Gasteiger partial charge in [-0.3, -0.25) is 4.79 Å². The molecule has 0 unspecified atom stereocenters. The minimum absolute atomic E-state index is 0.0984. The molecule has 3 aromatic rings. The molecule has 3 rings (SSSR count). The second kappa shape index (κ2) is 9.47. The van der Waals surface area contributed by atoms with Crippen molar-refractivity contribution in [1.29, 1.82) is 0 Å². The largest absolute Gasteiger partial charge is 0.497 e. The van der Waals surface area contributed by atoms with E-state index in [0.29, 0.717) is 11.5 Å². The number of nitrogens with zero attached hydrogens (tertiary/aromatic N) is 1. The summed E-state index contributed by atoms with van der Waals surface area (Å²) in [4.78, 5) is 18.2. The van der Waals surface area contributed by atoms with E-state index in [1.807, 2.05) is 36.4 Å². The van der Waals surface area contributed by atoms with Gasteiger partial charge in [0, 0.05) is 34.9 Å². The van der Waals surface area contributed by atoms with Gasteiger partial charge in [0.15, 0.2) is 0 Å². The zero-order valence-electron chi connectivity index (χ0n) is 17.5. The minimum atomic E-state index is -0.0984. The molecule has 0 fully saturated rings. The average Bonchev–Trinajstić information content (AvgIpc) is 3.14. The van der Waals surface area contributed by atoms with E-state index in [-0.39, 0.29) is 12.3 Å². The first-order chi connectivity index (χ1) is 14.0. The lowest BCUT2D eigenvalue weighted by Gasteiger charge is -2.13. The van der Waals surface area contributed by atoms with Crippen LogP contribution >= 0.6 is 0 Å². The van der Waals surface area contributed by atoms with Gasteiger partial charge < -0.3 is 24.7 Å². The van der Waals surface area contributed by atoms with Gasteiger partial charge >= 0.3 is 0 Å². The lowest BCUT2D eigenvalue weighted by atomic mass is 10.1. The molecular weight excluding hydrogens is 366 g/mol. The Balaban J connectivity index is 1.73. The number of rotatable bonds is 9. The van der Waals surface area contributed by atoms with Gasteiger partial charge in [0.1, 0.15) is 11.5 Å². The monoisotopic (exact) mass is 395 g/mol. The normalized spacial score (nSPS) is 11.1. The van der Waals surface area contributed by atoms with Crippen molar-refractivity contribution in [3.05, 3.63) is 53.7 Å². The molecule has 0 aliphatic carbocycles. The third kappa shape index (κ3) is 5.09. The summed E-state index contributed by atoms with van der Waals surface area (Å²) < 4.78 is 10.6. The number of H-pyrrole nitrogens is 1. The fraction of sp³-hybridized carbons (Fsp3) is 0.348. The molecule has 0 radical (unpaired) electrons. The van der Waals surface area contributed by atoms with E-state index < -0.39 is 0 Å². The van der Waals surface area contributed by atoms with Gasteiger partial charge in [0.2, 0.25) is 5.91 Å². The highest BCUT2D eigenvalue weighted by atomic mass is 16.5. The average molecular weight is 396 g/mol. The molecule has 2 aromatic carbocycles. The highest BCUT2D eigenvalue weighted by Gasteiger charge is 2.12. The van der Waals surface area contributed by atoms with Crippen LogP contribution < -0.4 is 14.8 Å². The molecule has 29 heavy (non-hydrogen) atoms. The van der Waals surface area contributed by atoms with Crippen LogP contribution in [0.2, 0.25) is 0 Å². The molecule has 0 bridgehead atoms. The van der Waals surface area contributed by atoms with Gasteiger partial charge in [-0.25, -0.2) is 0 Å². The number of aromatic nitrogens is 1. The summed E-state index contributed by atoms with van der Waals surface area (Å²) in [5, 5.41) is 4.15. The predicted octanol–water partition coefficient (Wildman–Crippen LogP) is 3.86. The van der Waals surface area contributed by atoms with Crippen molar-refractivity contribution in [1.82, 2.24) is 9.88 Å². The molecule has 0 aliphatic rings. The van der Waals surface area contributed by atoms with Crippen LogP contribution in [-0.4, -0.2) is 50.1 Å². The molecule has 154 valence electrons. The van der Waals surface area contributed by atoms with E-state index in [1.54, 1.807) is 14.2 Å². The number of hydrogen-bond donors (Lipinski definition) is 2. The van der Waals surface area contributed by atoms with Crippen LogP contribution in [0.1, 0.15) is 18.1 Å². The Bertz CT molecular complexity index is 981. The minimum Gasteiger partial charge on any atom is -0.497 e. The van der Waals surface area contributed by atoms with Crippen molar-refractivity contribution >= 4 is 22.5 Å². The highest BCUT2D eigenvalue weighted by molar-refractivity contribution is 5.95. The molecule has 1 aromatic heterocycles. The van der Waals surface area contributed by atoms with Crippen LogP contribution in [0.4, 0.5) is 5.69 Å². The summed E-state index contributed by atoms with van der Waals surface area (Å²) >= 11 is 0. The Morgan fingerprint density at radius 3 is 2.66 bits per heavy atom. The summed E-state index contributed by atoms with van der Waals surface area (Å²) in [6, 6.07) is 11.4. The van der Waals surface area contributed by atoms with Gasteiger partial charge in [0.05, 0.1) is 20.6 Å². The number of likely N-dealkylation sites (N-methyl/N-ethyl adjacent to an activating group) is 1. The molecule has 0 aliphatic heterocycles. The highest BCUT2D eigenvalue weighted by Crippen LogP contribution is 2.26. The lowest BCUT2D eigenvalue weighted by molar-refractivity contribution is -0.115. The smallest absolute Gasteiger partial charge is 0.228 e. The molecule has 0 atom stereocenters. The predicted molar refractivity (Wildman–Crippen MR) is 117 cm³/mol. The Hall–Kier alpha value is -2.99. The number of methoxy groups -OCH3 is 2. The Labute approximate surface area is 171 Å². The van der Waals surface area contributed by atoms with E-state index in [0.717, 1.165) is 41.7 Å². The van der Waals surface area contributed by atoms with Crippen molar-refractivity contribution in [3.63, 3.8) is 0 Å². The number of amides is 1. The van der Waals surface area contributed by atoms with Crippen molar-refractivity contribution in [2.75, 3.05) is 39.7 Å². The molecule has 0 saturated carbocycles. The van der Waals surface area contributed by atoms with Gasteiger partial charge in [-0.2, -0.15) is 0 Å². The van der Waals surface area contributed by atoms with Crippen LogP contribution in [0, 0.1) is 0 Å². The van der Waals surface area contributed by atoms with Gasteiger partial charge in [-0.1, -0.05) is 6.92 Å². The van der Waals surface area contributed by atoms with Crippen LogP contribution in [0.15, 0.2) is 42.6 Å². The van der Waals surface area contributed by atoms with Crippen LogP contribution in [-0.2, 0) is 17.6 Å². The van der Waals surface area contributed by atoms with E-state index in [1.165, 1.54) is 5.56 Å². The zero-order valence-corrected chi connectivity index (χ0v) is 17.5. The summed E-state index contributed by atoms with van der Waals surface area (Å²) in [5.41, 5.74) is 3.90. The van der Waals surface area contributed by atoms with Gasteiger partial charge in [-0.05, 0) is 62.0 Å². The Morgan fingerprint density at radius 2 is 1.93 bits per heavy atom. The zero-order chi connectivity index (χ0) is 20.8. The summed E-state index contributed by atoms with van der Waals surface area (Å²) in [7, 11) is 5.32. The molecular formula is C23H29N3O3. The van der Waals surface area contributed by atoms with Crippen molar-refractivity contribution in [2.24, 2.45) is 0 Å². The first-order valence-electron chi connectivity index (χ1n) is 9.83. The Kier molecular flexibility index (Phi) is 6.77. The van der Waals surface area contributed by atoms with Gasteiger partial charge in [0.25, 0.3) is 0 Å².